The van der Waals surface area contributed by atoms with Gasteiger partial charge in [0.1, 0.15) is 6.61 Å². The molecule has 0 aliphatic rings. The Balaban J connectivity index is 1.45. The first kappa shape index (κ1) is 19.3. The molecule has 0 aliphatic carbocycles. The summed E-state index contributed by atoms with van der Waals surface area (Å²) < 4.78 is 12.7. The van der Waals surface area contributed by atoms with E-state index in [1.807, 2.05) is 36.4 Å². The highest BCUT2D eigenvalue weighted by atomic mass is 79.9. The topological polar surface area (TPSA) is 30.5 Å². The summed E-state index contributed by atoms with van der Waals surface area (Å²) in [5.74, 6) is 1.48. The van der Waals surface area contributed by atoms with E-state index < -0.39 is 0 Å². The molecule has 4 rings (SSSR count). The molecule has 29 heavy (non-hydrogen) atoms. The van der Waals surface area contributed by atoms with Crippen molar-refractivity contribution in [2.75, 3.05) is 12.4 Å². The summed E-state index contributed by atoms with van der Waals surface area (Å²) in [6, 6.07) is 28.8. The fourth-order valence-corrected chi connectivity index (χ4v) is 3.55. The van der Waals surface area contributed by atoms with Crippen molar-refractivity contribution in [1.29, 1.82) is 0 Å². The van der Waals surface area contributed by atoms with Gasteiger partial charge in [-0.25, -0.2) is 0 Å². The largest absolute Gasteiger partial charge is 0.493 e. The fraction of sp³-hybridized carbons (Fsp3) is 0.120. The molecule has 0 saturated heterocycles. The standard InChI is InChI=1S/C25H22BrNO2/c1-28-25-15-18(16-27-22-12-10-21(26)11-13-22)9-14-24(25)29-17-20-7-4-6-19-5-2-3-8-23(19)20/h2-15,27H,16-17H2,1H3. The highest BCUT2D eigenvalue weighted by molar-refractivity contribution is 9.10. The molecule has 0 aliphatic heterocycles. The first-order valence-electron chi connectivity index (χ1n) is 9.49. The fourth-order valence-electron chi connectivity index (χ4n) is 3.29. The van der Waals surface area contributed by atoms with Crippen LogP contribution in [0, 0.1) is 0 Å². The van der Waals surface area contributed by atoms with Gasteiger partial charge in [0, 0.05) is 16.7 Å². The Hall–Kier alpha value is -2.98. The first-order chi connectivity index (χ1) is 14.2. The van der Waals surface area contributed by atoms with E-state index in [1.165, 1.54) is 10.8 Å². The van der Waals surface area contributed by atoms with E-state index in [2.05, 4.69) is 69.8 Å². The van der Waals surface area contributed by atoms with Crippen molar-refractivity contribution in [1.82, 2.24) is 0 Å². The van der Waals surface area contributed by atoms with Crippen LogP contribution in [0.3, 0.4) is 0 Å². The van der Waals surface area contributed by atoms with Gasteiger partial charge in [-0.2, -0.15) is 0 Å². The Kier molecular flexibility index (Phi) is 6.01. The zero-order chi connectivity index (χ0) is 20.1. The first-order valence-corrected chi connectivity index (χ1v) is 10.3. The maximum atomic E-state index is 6.10. The Bertz CT molecular complexity index is 1100. The predicted octanol–water partition coefficient (Wildman–Crippen LogP) is 6.80. The lowest BCUT2D eigenvalue weighted by molar-refractivity contribution is 0.285. The molecule has 4 aromatic rings. The second-order valence-electron chi connectivity index (χ2n) is 6.77. The van der Waals surface area contributed by atoms with Gasteiger partial charge in [-0.05, 0) is 58.3 Å². The van der Waals surface area contributed by atoms with Crippen molar-refractivity contribution in [2.24, 2.45) is 0 Å². The second kappa shape index (κ2) is 9.01. The number of benzene rings is 4. The third-order valence-corrected chi connectivity index (χ3v) is 5.36. The molecule has 0 atom stereocenters. The zero-order valence-electron chi connectivity index (χ0n) is 16.2. The van der Waals surface area contributed by atoms with E-state index in [0.717, 1.165) is 32.8 Å². The molecule has 0 bridgehead atoms. The van der Waals surface area contributed by atoms with Crippen LogP contribution in [0.2, 0.25) is 0 Å². The summed E-state index contributed by atoms with van der Waals surface area (Å²) in [6.07, 6.45) is 0. The van der Waals surface area contributed by atoms with Crippen molar-refractivity contribution in [3.05, 3.63) is 101 Å². The molecule has 4 heteroatoms. The number of anilines is 1. The maximum Gasteiger partial charge on any atom is 0.161 e. The quantitative estimate of drug-likeness (QED) is 0.337. The van der Waals surface area contributed by atoms with Crippen molar-refractivity contribution < 1.29 is 9.47 Å². The number of methoxy groups -OCH3 is 1. The summed E-state index contributed by atoms with van der Waals surface area (Å²) in [5, 5.41) is 5.85. The van der Waals surface area contributed by atoms with Gasteiger partial charge in [0.15, 0.2) is 11.5 Å². The van der Waals surface area contributed by atoms with Crippen molar-refractivity contribution in [3.8, 4) is 11.5 Å². The summed E-state index contributed by atoms with van der Waals surface area (Å²) in [7, 11) is 1.67. The normalized spacial score (nSPS) is 10.7. The summed E-state index contributed by atoms with van der Waals surface area (Å²) >= 11 is 3.45. The van der Waals surface area contributed by atoms with Crippen LogP contribution < -0.4 is 14.8 Å². The molecule has 146 valence electrons. The second-order valence-corrected chi connectivity index (χ2v) is 7.69. The lowest BCUT2D eigenvalue weighted by Crippen LogP contribution is -2.02. The molecular weight excluding hydrogens is 426 g/mol. The van der Waals surface area contributed by atoms with Crippen molar-refractivity contribution >= 4 is 32.4 Å². The predicted molar refractivity (Wildman–Crippen MR) is 123 cm³/mol. The van der Waals surface area contributed by atoms with Crippen LogP contribution in [0.1, 0.15) is 11.1 Å². The van der Waals surface area contributed by atoms with E-state index in [1.54, 1.807) is 7.11 Å². The SMILES string of the molecule is COc1cc(CNc2ccc(Br)cc2)ccc1OCc1cccc2ccccc12. The maximum absolute atomic E-state index is 6.10. The number of fused-ring (bicyclic) bond motifs is 1. The van der Waals surface area contributed by atoms with Gasteiger partial charge < -0.3 is 14.8 Å². The summed E-state index contributed by atoms with van der Waals surface area (Å²) in [6.45, 7) is 1.20. The van der Waals surface area contributed by atoms with E-state index in [0.29, 0.717) is 13.2 Å². The molecule has 0 unspecified atom stereocenters. The molecule has 0 saturated carbocycles. The smallest absolute Gasteiger partial charge is 0.161 e. The molecule has 3 nitrogen and oxygen atoms in total. The molecule has 0 fully saturated rings. The van der Waals surface area contributed by atoms with Crippen molar-refractivity contribution in [2.45, 2.75) is 13.2 Å². The van der Waals surface area contributed by atoms with Gasteiger partial charge in [0.2, 0.25) is 0 Å². The van der Waals surface area contributed by atoms with Gasteiger partial charge in [-0.1, -0.05) is 64.5 Å². The monoisotopic (exact) mass is 447 g/mol. The third-order valence-electron chi connectivity index (χ3n) is 4.83. The number of ether oxygens (including phenoxy) is 2. The van der Waals surface area contributed by atoms with E-state index >= 15 is 0 Å². The molecule has 4 aromatic carbocycles. The average Bonchev–Trinajstić information content (AvgIpc) is 2.77. The number of rotatable bonds is 7. The molecular formula is C25H22BrNO2. The molecule has 0 aromatic heterocycles. The highest BCUT2D eigenvalue weighted by Crippen LogP contribution is 2.30. The van der Waals surface area contributed by atoms with Crippen LogP contribution in [0.4, 0.5) is 5.69 Å². The number of halogens is 1. The third kappa shape index (κ3) is 4.72. The van der Waals surface area contributed by atoms with Crippen LogP contribution in [0.15, 0.2) is 89.4 Å². The summed E-state index contributed by atoms with van der Waals surface area (Å²) in [5.41, 5.74) is 3.36. The van der Waals surface area contributed by atoms with Gasteiger partial charge in [-0.15, -0.1) is 0 Å². The lowest BCUT2D eigenvalue weighted by atomic mass is 10.1. The van der Waals surface area contributed by atoms with Gasteiger partial charge in [0.05, 0.1) is 7.11 Å². The number of hydrogen-bond acceptors (Lipinski definition) is 3. The highest BCUT2D eigenvalue weighted by Gasteiger charge is 2.08. The molecule has 1 N–H and O–H groups in total. The number of hydrogen-bond donors (Lipinski definition) is 1. The zero-order valence-corrected chi connectivity index (χ0v) is 17.8. The minimum absolute atomic E-state index is 0.494. The molecule has 0 heterocycles. The Labute approximate surface area is 179 Å². The van der Waals surface area contributed by atoms with Crippen molar-refractivity contribution in [3.63, 3.8) is 0 Å². The van der Waals surface area contributed by atoms with Crippen LogP contribution in [0.5, 0.6) is 11.5 Å². The number of nitrogens with one attached hydrogen (secondary N) is 1. The van der Waals surface area contributed by atoms with E-state index in [4.69, 9.17) is 9.47 Å². The van der Waals surface area contributed by atoms with Crippen LogP contribution in [0.25, 0.3) is 10.8 Å². The Morgan fingerprint density at radius 1 is 0.828 bits per heavy atom. The van der Waals surface area contributed by atoms with Crippen LogP contribution in [-0.2, 0) is 13.2 Å². The van der Waals surface area contributed by atoms with Gasteiger partial charge in [-0.3, -0.25) is 0 Å². The molecule has 0 amide bonds. The average molecular weight is 448 g/mol. The minimum Gasteiger partial charge on any atom is -0.493 e. The van der Waals surface area contributed by atoms with E-state index in [9.17, 15) is 0 Å². The van der Waals surface area contributed by atoms with E-state index in [-0.39, 0.29) is 0 Å². The minimum atomic E-state index is 0.494. The summed E-state index contributed by atoms with van der Waals surface area (Å²) in [4.78, 5) is 0. The lowest BCUT2D eigenvalue weighted by Gasteiger charge is -2.14. The van der Waals surface area contributed by atoms with Gasteiger partial charge in [0.25, 0.3) is 0 Å². The Morgan fingerprint density at radius 3 is 2.45 bits per heavy atom. The van der Waals surface area contributed by atoms with Gasteiger partial charge >= 0.3 is 0 Å². The van der Waals surface area contributed by atoms with Crippen LogP contribution >= 0.6 is 15.9 Å². The molecule has 0 radical (unpaired) electrons. The van der Waals surface area contributed by atoms with Crippen LogP contribution in [-0.4, -0.2) is 7.11 Å². The Morgan fingerprint density at radius 2 is 1.62 bits per heavy atom. The molecule has 0 spiro atoms.